The summed E-state index contributed by atoms with van der Waals surface area (Å²) in [7, 11) is 0. The van der Waals surface area contributed by atoms with Crippen molar-refractivity contribution in [1.82, 2.24) is 0 Å². The van der Waals surface area contributed by atoms with Crippen LogP contribution in [0.15, 0.2) is 285 Å². The molecule has 0 aromatic heterocycles. The van der Waals surface area contributed by atoms with Gasteiger partial charge >= 0.3 is 0 Å². The molecule has 2 heteroatoms. The maximum absolute atomic E-state index is 2.47. The first-order valence-electron chi connectivity index (χ1n) is 25.4. The molecule has 2 unspecified atom stereocenters. The summed E-state index contributed by atoms with van der Waals surface area (Å²) in [5.74, 6) is 0.230. The molecule has 0 aliphatic heterocycles. The second kappa shape index (κ2) is 18.8. The summed E-state index contributed by atoms with van der Waals surface area (Å²) in [4.78, 5) is 4.79. The molecule has 0 saturated carbocycles. The predicted octanol–water partition coefficient (Wildman–Crippen LogP) is 19.6. The van der Waals surface area contributed by atoms with Crippen molar-refractivity contribution in [2.75, 3.05) is 9.80 Å². The van der Waals surface area contributed by atoms with Gasteiger partial charge in [0.05, 0.1) is 6.04 Å². The largest absolute Gasteiger partial charge is 0.334 e. The lowest BCUT2D eigenvalue weighted by Gasteiger charge is -2.36. The van der Waals surface area contributed by atoms with Crippen LogP contribution in [-0.2, 0) is 0 Å². The minimum absolute atomic E-state index is 0.141. The molecule has 73 heavy (non-hydrogen) atoms. The molecule has 12 aromatic carbocycles. The molecule has 0 spiro atoms. The Morgan fingerprint density at radius 3 is 1.19 bits per heavy atom. The number of allylic oxidation sites excluding steroid dienone is 2. The molecule has 2 nitrogen and oxygen atoms in total. The van der Waals surface area contributed by atoms with E-state index in [0.29, 0.717) is 0 Å². The quantitative estimate of drug-likeness (QED) is 0.126. The topological polar surface area (TPSA) is 6.48 Å². The van der Waals surface area contributed by atoms with Crippen molar-refractivity contribution in [2.24, 2.45) is 5.92 Å². The van der Waals surface area contributed by atoms with Crippen molar-refractivity contribution in [3.8, 4) is 33.4 Å². The summed E-state index contributed by atoms with van der Waals surface area (Å²) in [5, 5.41) is 9.85. The van der Waals surface area contributed by atoms with Crippen LogP contribution >= 0.6 is 0 Å². The first kappa shape index (κ1) is 43.8. The molecule has 1 aliphatic rings. The van der Waals surface area contributed by atoms with Gasteiger partial charge in [-0.2, -0.15) is 0 Å². The molecule has 12 aromatic rings. The fourth-order valence-electron chi connectivity index (χ4n) is 11.3. The first-order chi connectivity index (χ1) is 36.1. The number of benzene rings is 12. The summed E-state index contributed by atoms with van der Waals surface area (Å²) >= 11 is 0. The summed E-state index contributed by atoms with van der Waals surface area (Å²) in [5.41, 5.74) is 15.4. The van der Waals surface area contributed by atoms with Gasteiger partial charge in [0.15, 0.2) is 0 Å². The molecule has 1 aliphatic carbocycles. The van der Waals surface area contributed by atoms with Crippen molar-refractivity contribution in [3.05, 3.63) is 291 Å². The maximum atomic E-state index is 2.47. The second-order valence-electron chi connectivity index (χ2n) is 19.3. The molecular formula is C71H52N2. The van der Waals surface area contributed by atoms with Gasteiger partial charge in [0.1, 0.15) is 0 Å². The zero-order valence-electron chi connectivity index (χ0n) is 40.7. The van der Waals surface area contributed by atoms with Gasteiger partial charge < -0.3 is 9.80 Å². The average Bonchev–Trinajstić information content (AvgIpc) is 3.46. The Kier molecular flexibility index (Phi) is 11.3. The van der Waals surface area contributed by atoms with Gasteiger partial charge in [-0.1, -0.05) is 207 Å². The highest BCUT2D eigenvalue weighted by atomic mass is 15.2. The fraction of sp³-hybridized carbons (Fsp3) is 0.0423. The molecule has 346 valence electrons. The standard InChI is InChI=1S/C71H52N2/c1-49-44-55(38-43-69(49)73(62-26-10-4-11-27-62)63-28-12-5-13-29-63)57-37-42-66-68(48-57)71(59-33-31-51-19-15-17-21-54(51)46-59)65-41-36-56(47-67(65)70(66)58-32-30-50-18-14-16-20-53(50)45-58)52-34-39-64(40-35-52)72(60-22-6-2-7-23-60)61-24-8-3-9-25-61/h2-49,69H,1H3. The van der Waals surface area contributed by atoms with Crippen LogP contribution in [-0.4, -0.2) is 6.04 Å². The molecule has 0 amide bonds. The van der Waals surface area contributed by atoms with Crippen LogP contribution in [0, 0.1) is 5.92 Å². The minimum atomic E-state index is 0.141. The van der Waals surface area contributed by atoms with Gasteiger partial charge in [0.2, 0.25) is 0 Å². The van der Waals surface area contributed by atoms with E-state index in [1.807, 2.05) is 0 Å². The Hall–Kier alpha value is -9.24. The lowest BCUT2D eigenvalue weighted by molar-refractivity contribution is 0.611. The third-order valence-electron chi connectivity index (χ3n) is 14.8. The molecular weight excluding hydrogens is 881 g/mol. The third kappa shape index (κ3) is 8.23. The average molecular weight is 933 g/mol. The Labute approximate surface area is 427 Å². The number of fused-ring (bicyclic) bond motifs is 4. The minimum Gasteiger partial charge on any atom is -0.334 e. The number of nitrogens with zero attached hydrogens (tertiary/aromatic N) is 2. The zero-order chi connectivity index (χ0) is 48.7. The van der Waals surface area contributed by atoms with Crippen LogP contribution in [0.3, 0.4) is 0 Å². The number of hydrogen-bond acceptors (Lipinski definition) is 2. The van der Waals surface area contributed by atoms with Crippen molar-refractivity contribution >= 4 is 77.1 Å². The lowest BCUT2D eigenvalue weighted by atomic mass is 9.82. The number of rotatable bonds is 10. The highest BCUT2D eigenvalue weighted by Crippen LogP contribution is 2.47. The molecule has 0 radical (unpaired) electrons. The Morgan fingerprint density at radius 1 is 0.301 bits per heavy atom. The van der Waals surface area contributed by atoms with E-state index in [1.165, 1.54) is 99.0 Å². The van der Waals surface area contributed by atoms with Gasteiger partial charge in [-0.05, 0) is 178 Å². The van der Waals surface area contributed by atoms with Gasteiger partial charge in [-0.3, -0.25) is 0 Å². The lowest BCUT2D eigenvalue weighted by Crippen LogP contribution is -2.35. The molecule has 13 rings (SSSR count). The fourth-order valence-corrected chi connectivity index (χ4v) is 11.3. The number of para-hydroxylation sites is 4. The smallest absolute Gasteiger partial charge is 0.0585 e. The highest BCUT2D eigenvalue weighted by molar-refractivity contribution is 6.23. The Balaban J connectivity index is 0.994. The highest BCUT2D eigenvalue weighted by Gasteiger charge is 2.27. The maximum Gasteiger partial charge on any atom is 0.0585 e. The summed E-state index contributed by atoms with van der Waals surface area (Å²) in [6.45, 7) is 2.35. The van der Waals surface area contributed by atoms with Gasteiger partial charge in [-0.25, -0.2) is 0 Å². The van der Waals surface area contributed by atoms with Crippen LogP contribution in [0.25, 0.3) is 82.0 Å². The van der Waals surface area contributed by atoms with E-state index in [-0.39, 0.29) is 12.0 Å². The van der Waals surface area contributed by atoms with Crippen molar-refractivity contribution in [1.29, 1.82) is 0 Å². The molecule has 0 saturated heterocycles. The van der Waals surface area contributed by atoms with Crippen LogP contribution in [0.4, 0.5) is 28.4 Å². The van der Waals surface area contributed by atoms with Crippen LogP contribution in [0.1, 0.15) is 12.5 Å². The molecule has 0 N–H and O–H groups in total. The molecule has 2 atom stereocenters. The summed E-state index contributed by atoms with van der Waals surface area (Å²) < 4.78 is 0. The number of anilines is 5. The Morgan fingerprint density at radius 2 is 0.699 bits per heavy atom. The SMILES string of the molecule is CC1C=C(c2ccc3c(-c4ccc5ccccc5c4)c4cc(-c5ccc(N(c6ccccc6)c6ccccc6)cc5)ccc4c(-c4ccc5ccccc5c4)c3c2)C=CC1N(c1ccccc1)c1ccccc1. The van der Waals surface area contributed by atoms with Crippen LogP contribution < -0.4 is 9.80 Å². The summed E-state index contributed by atoms with van der Waals surface area (Å²) in [6, 6.07) is 97.8. The number of hydrogen-bond donors (Lipinski definition) is 0. The van der Waals surface area contributed by atoms with Crippen LogP contribution in [0.2, 0.25) is 0 Å². The third-order valence-corrected chi connectivity index (χ3v) is 14.8. The monoisotopic (exact) mass is 932 g/mol. The van der Waals surface area contributed by atoms with E-state index < -0.39 is 0 Å². The van der Waals surface area contributed by atoms with Crippen LogP contribution in [0.5, 0.6) is 0 Å². The van der Waals surface area contributed by atoms with Gasteiger partial charge in [-0.15, -0.1) is 0 Å². The van der Waals surface area contributed by atoms with E-state index in [0.717, 1.165) is 17.1 Å². The Bertz CT molecular complexity index is 3950. The molecule has 0 heterocycles. The van der Waals surface area contributed by atoms with E-state index in [9.17, 15) is 0 Å². The molecule has 0 fully saturated rings. The normalized spacial score (nSPS) is 14.4. The van der Waals surface area contributed by atoms with E-state index in [4.69, 9.17) is 0 Å². The van der Waals surface area contributed by atoms with E-state index in [1.54, 1.807) is 0 Å². The molecule has 0 bridgehead atoms. The van der Waals surface area contributed by atoms with Gasteiger partial charge in [0.25, 0.3) is 0 Å². The predicted molar refractivity (Wildman–Crippen MR) is 313 cm³/mol. The van der Waals surface area contributed by atoms with Crippen molar-refractivity contribution in [3.63, 3.8) is 0 Å². The van der Waals surface area contributed by atoms with Crippen molar-refractivity contribution < 1.29 is 0 Å². The summed E-state index contributed by atoms with van der Waals surface area (Å²) in [6.07, 6.45) is 7.23. The van der Waals surface area contributed by atoms with E-state index in [2.05, 4.69) is 302 Å². The van der Waals surface area contributed by atoms with Gasteiger partial charge in [0, 0.05) is 28.4 Å². The second-order valence-corrected chi connectivity index (χ2v) is 19.3. The first-order valence-corrected chi connectivity index (χ1v) is 25.4. The van der Waals surface area contributed by atoms with Crippen molar-refractivity contribution in [2.45, 2.75) is 13.0 Å². The van der Waals surface area contributed by atoms with E-state index >= 15 is 0 Å². The zero-order valence-corrected chi connectivity index (χ0v) is 40.7.